The molecule has 9 heteroatoms. The fourth-order valence-corrected chi connectivity index (χ4v) is 4.45. The van der Waals surface area contributed by atoms with Gasteiger partial charge in [-0.2, -0.15) is 0 Å². The van der Waals surface area contributed by atoms with E-state index in [0.717, 1.165) is 28.7 Å². The van der Waals surface area contributed by atoms with Gasteiger partial charge in [-0.25, -0.2) is 13.4 Å². The molecule has 194 valence electrons. The molecule has 2 N–H and O–H groups in total. The standard InChI is InChI=1S/C29H28N4O4S/c1-4-5-8-23(15-16-30)37-27-18-24(38(3,35)36)13-14-25(27)29(34)31-22-11-9-21(10-12-22)26-19-33-17-6-7-20(2)28(33)32-26/h4-14,16-19,30H,15H2,1-3H3,(H,31,34)/b5-4?,23-8+,30-16?. The molecule has 0 fully saturated rings. The van der Waals surface area contributed by atoms with Crippen LogP contribution in [0.4, 0.5) is 5.69 Å². The number of nitrogens with one attached hydrogen (secondary N) is 2. The Hall–Kier alpha value is -4.50. The number of benzene rings is 2. The number of sulfone groups is 1. The molecule has 0 radical (unpaired) electrons. The van der Waals surface area contributed by atoms with Crippen molar-refractivity contribution < 1.29 is 17.9 Å². The molecular formula is C29H28N4O4S. The topological polar surface area (TPSA) is 114 Å². The number of fused-ring (bicyclic) bond motifs is 1. The molecule has 38 heavy (non-hydrogen) atoms. The molecule has 4 rings (SSSR count). The van der Waals surface area contributed by atoms with E-state index in [1.165, 1.54) is 24.4 Å². The third-order valence-electron chi connectivity index (χ3n) is 5.76. The second kappa shape index (κ2) is 11.3. The van der Waals surface area contributed by atoms with Crippen molar-refractivity contribution in [2.24, 2.45) is 0 Å². The maximum absolute atomic E-state index is 13.2. The fourth-order valence-electron chi connectivity index (χ4n) is 3.81. The molecule has 0 bridgehead atoms. The minimum atomic E-state index is -3.53. The number of anilines is 1. The summed E-state index contributed by atoms with van der Waals surface area (Å²) in [6, 6.07) is 15.4. The van der Waals surface area contributed by atoms with Crippen LogP contribution in [0.25, 0.3) is 16.9 Å². The van der Waals surface area contributed by atoms with Gasteiger partial charge in [0.25, 0.3) is 5.91 Å². The number of allylic oxidation sites excluding steroid dienone is 4. The molecular weight excluding hydrogens is 500 g/mol. The number of nitrogens with zero attached hydrogens (tertiary/aromatic N) is 2. The average Bonchev–Trinajstić information content (AvgIpc) is 3.33. The van der Waals surface area contributed by atoms with Crippen LogP contribution in [0.15, 0.2) is 95.9 Å². The van der Waals surface area contributed by atoms with Crippen molar-refractivity contribution in [2.75, 3.05) is 11.6 Å². The van der Waals surface area contributed by atoms with Crippen molar-refractivity contribution in [1.82, 2.24) is 9.38 Å². The molecule has 0 aliphatic carbocycles. The highest BCUT2D eigenvalue weighted by molar-refractivity contribution is 7.90. The Bertz CT molecular complexity index is 1670. The van der Waals surface area contributed by atoms with Crippen LogP contribution in [0.5, 0.6) is 5.75 Å². The maximum Gasteiger partial charge on any atom is 0.259 e. The Morgan fingerprint density at radius 3 is 2.58 bits per heavy atom. The first kappa shape index (κ1) is 26.6. The first-order chi connectivity index (χ1) is 18.2. The van der Waals surface area contributed by atoms with Gasteiger partial charge in [0.05, 0.1) is 16.2 Å². The largest absolute Gasteiger partial charge is 0.460 e. The van der Waals surface area contributed by atoms with Crippen molar-refractivity contribution >= 4 is 33.3 Å². The van der Waals surface area contributed by atoms with Crippen molar-refractivity contribution in [1.29, 1.82) is 5.41 Å². The molecule has 0 aliphatic heterocycles. The van der Waals surface area contributed by atoms with E-state index < -0.39 is 15.7 Å². The van der Waals surface area contributed by atoms with Gasteiger partial charge in [0.2, 0.25) is 0 Å². The van der Waals surface area contributed by atoms with Gasteiger partial charge in [0, 0.05) is 48.6 Å². The number of pyridine rings is 1. The summed E-state index contributed by atoms with van der Waals surface area (Å²) in [5.74, 6) is 0.0148. The second-order valence-corrected chi connectivity index (χ2v) is 10.7. The molecule has 2 heterocycles. The third kappa shape index (κ3) is 6.07. The van der Waals surface area contributed by atoms with Gasteiger partial charge in [-0.15, -0.1) is 0 Å². The Morgan fingerprint density at radius 2 is 1.92 bits per heavy atom. The number of hydrogen-bond acceptors (Lipinski definition) is 6. The zero-order chi connectivity index (χ0) is 27.3. The smallest absolute Gasteiger partial charge is 0.259 e. The number of aromatic nitrogens is 2. The lowest BCUT2D eigenvalue weighted by Crippen LogP contribution is -2.14. The Kier molecular flexibility index (Phi) is 7.87. The van der Waals surface area contributed by atoms with Crippen LogP contribution in [0, 0.1) is 12.3 Å². The van der Waals surface area contributed by atoms with Crippen LogP contribution in [0.1, 0.15) is 29.3 Å². The summed E-state index contributed by atoms with van der Waals surface area (Å²) in [6.45, 7) is 3.85. The quantitative estimate of drug-likeness (QED) is 0.161. The van der Waals surface area contributed by atoms with Crippen LogP contribution < -0.4 is 10.1 Å². The Morgan fingerprint density at radius 1 is 1.16 bits per heavy atom. The molecule has 0 spiro atoms. The summed E-state index contributed by atoms with van der Waals surface area (Å²) in [7, 11) is -3.53. The molecule has 2 aromatic carbocycles. The van der Waals surface area contributed by atoms with E-state index in [1.807, 2.05) is 54.9 Å². The molecule has 4 aromatic rings. The zero-order valence-electron chi connectivity index (χ0n) is 21.3. The lowest BCUT2D eigenvalue weighted by atomic mass is 10.1. The first-order valence-electron chi connectivity index (χ1n) is 11.9. The van der Waals surface area contributed by atoms with Crippen LogP contribution in [-0.2, 0) is 9.84 Å². The lowest BCUT2D eigenvalue weighted by Gasteiger charge is -2.14. The highest BCUT2D eigenvalue weighted by Gasteiger charge is 2.18. The zero-order valence-corrected chi connectivity index (χ0v) is 22.1. The number of imidazole rings is 1. The summed E-state index contributed by atoms with van der Waals surface area (Å²) < 4.78 is 32.2. The number of aryl methyl sites for hydroxylation is 1. The van der Waals surface area contributed by atoms with E-state index in [2.05, 4.69) is 5.32 Å². The van der Waals surface area contributed by atoms with Gasteiger partial charge in [-0.05, 0) is 55.8 Å². The molecule has 0 saturated heterocycles. The number of amides is 1. The molecule has 0 atom stereocenters. The van der Waals surface area contributed by atoms with Gasteiger partial charge in [-0.3, -0.25) is 4.79 Å². The summed E-state index contributed by atoms with van der Waals surface area (Å²) in [6.07, 6.45) is 11.5. The van der Waals surface area contributed by atoms with E-state index in [-0.39, 0.29) is 22.6 Å². The molecule has 0 aliphatic rings. The van der Waals surface area contributed by atoms with E-state index in [0.29, 0.717) is 11.4 Å². The minimum absolute atomic E-state index is 0.0244. The van der Waals surface area contributed by atoms with Gasteiger partial charge >= 0.3 is 0 Å². The Labute approximate surface area is 221 Å². The van der Waals surface area contributed by atoms with Crippen LogP contribution in [0.3, 0.4) is 0 Å². The summed E-state index contributed by atoms with van der Waals surface area (Å²) >= 11 is 0. The number of ether oxygens (including phenoxy) is 1. The average molecular weight is 529 g/mol. The molecule has 8 nitrogen and oxygen atoms in total. The molecule has 2 aromatic heterocycles. The lowest BCUT2D eigenvalue weighted by molar-refractivity contribution is 0.102. The monoisotopic (exact) mass is 528 g/mol. The van der Waals surface area contributed by atoms with Crippen LogP contribution in [0.2, 0.25) is 0 Å². The van der Waals surface area contributed by atoms with Gasteiger partial charge in [-0.1, -0.05) is 30.4 Å². The van der Waals surface area contributed by atoms with E-state index in [1.54, 1.807) is 30.4 Å². The van der Waals surface area contributed by atoms with Gasteiger partial charge < -0.3 is 19.9 Å². The maximum atomic E-state index is 13.2. The third-order valence-corrected chi connectivity index (χ3v) is 6.87. The van der Waals surface area contributed by atoms with Crippen LogP contribution in [-0.4, -0.2) is 36.2 Å². The van der Waals surface area contributed by atoms with Crippen molar-refractivity contribution in [3.05, 3.63) is 102 Å². The van der Waals surface area contributed by atoms with Gasteiger partial charge in [0.1, 0.15) is 17.2 Å². The van der Waals surface area contributed by atoms with Crippen LogP contribution >= 0.6 is 0 Å². The highest BCUT2D eigenvalue weighted by atomic mass is 32.2. The predicted octanol–water partition coefficient (Wildman–Crippen LogP) is 5.84. The summed E-state index contributed by atoms with van der Waals surface area (Å²) in [4.78, 5) is 18.0. The van der Waals surface area contributed by atoms with Crippen molar-refractivity contribution in [2.45, 2.75) is 25.2 Å². The van der Waals surface area contributed by atoms with Gasteiger partial charge in [0.15, 0.2) is 9.84 Å². The van der Waals surface area contributed by atoms with E-state index in [9.17, 15) is 13.2 Å². The molecule has 0 unspecified atom stereocenters. The molecule has 0 saturated carbocycles. The predicted molar refractivity (Wildman–Crippen MR) is 150 cm³/mol. The van der Waals surface area contributed by atoms with E-state index in [4.69, 9.17) is 15.1 Å². The van der Waals surface area contributed by atoms with Crippen molar-refractivity contribution in [3.63, 3.8) is 0 Å². The normalized spacial score (nSPS) is 12.1. The fraction of sp³-hybridized carbons (Fsp3) is 0.138. The number of carbonyl (C=O) groups is 1. The minimum Gasteiger partial charge on any atom is -0.460 e. The second-order valence-electron chi connectivity index (χ2n) is 8.68. The summed E-state index contributed by atoms with van der Waals surface area (Å²) in [5.41, 5.74) is 4.39. The van der Waals surface area contributed by atoms with Crippen molar-refractivity contribution in [3.8, 4) is 17.0 Å². The number of rotatable bonds is 9. The van der Waals surface area contributed by atoms with E-state index >= 15 is 0 Å². The summed E-state index contributed by atoms with van der Waals surface area (Å²) in [5, 5.41) is 10.3. The number of hydrogen-bond donors (Lipinski definition) is 2. The Balaban J connectivity index is 1.61. The SMILES string of the molecule is CC=C/C=C(\CC=N)Oc1cc(S(C)(=O)=O)ccc1C(=O)Nc1ccc(-c2cn3cccc(C)c3n2)cc1. The molecule has 1 amide bonds. The first-order valence-corrected chi connectivity index (χ1v) is 13.8. The number of carbonyl (C=O) groups excluding carboxylic acids is 1. The highest BCUT2D eigenvalue weighted by Crippen LogP contribution is 2.28.